The highest BCUT2D eigenvalue weighted by atomic mass is 16.5. The molecule has 1 aromatic carbocycles. The molecule has 0 bridgehead atoms. The van der Waals surface area contributed by atoms with Gasteiger partial charge in [-0.2, -0.15) is 0 Å². The van der Waals surface area contributed by atoms with Gasteiger partial charge in [0.2, 0.25) is 0 Å². The third-order valence-corrected chi connectivity index (χ3v) is 6.07. The van der Waals surface area contributed by atoms with Crippen molar-refractivity contribution in [2.45, 2.75) is 51.2 Å². The number of benzene rings is 1. The lowest BCUT2D eigenvalue weighted by Crippen LogP contribution is -2.46. The maximum absolute atomic E-state index is 12.8. The fourth-order valence-corrected chi connectivity index (χ4v) is 4.29. The number of amides is 1. The first-order valence-electron chi connectivity index (χ1n) is 11.7. The number of nitrogens with zero attached hydrogens (tertiary/aromatic N) is 3. The number of guanidine groups is 1. The standard InChI is InChI=1S/C24H38N4O3/c1-25-24(28-14-10-22(11-15-28)31-17-7-16-30-2)26-19-20-8-6-9-21(18-20)23(29)27-12-4-3-5-13-27/h6,8-9,18,22H,3-5,7,10-17,19H2,1-2H3,(H,25,26). The average Bonchev–Trinajstić information content (AvgIpc) is 2.83. The van der Waals surface area contributed by atoms with E-state index in [1.54, 1.807) is 7.11 Å². The number of hydrogen-bond acceptors (Lipinski definition) is 4. The van der Waals surface area contributed by atoms with Crippen LogP contribution in [0.4, 0.5) is 0 Å². The summed E-state index contributed by atoms with van der Waals surface area (Å²) in [4.78, 5) is 21.5. The van der Waals surface area contributed by atoms with Gasteiger partial charge in [-0.05, 0) is 56.2 Å². The summed E-state index contributed by atoms with van der Waals surface area (Å²) in [6.45, 7) is 5.78. The van der Waals surface area contributed by atoms with Crippen molar-refractivity contribution in [3.8, 4) is 0 Å². The molecule has 2 fully saturated rings. The topological polar surface area (TPSA) is 66.4 Å². The quantitative estimate of drug-likeness (QED) is 0.390. The van der Waals surface area contributed by atoms with E-state index in [1.165, 1.54) is 6.42 Å². The van der Waals surface area contributed by atoms with Gasteiger partial charge in [0.15, 0.2) is 5.96 Å². The lowest BCUT2D eigenvalue weighted by molar-refractivity contribution is 0.00989. The second-order valence-electron chi connectivity index (χ2n) is 8.36. The number of ether oxygens (including phenoxy) is 2. The first kappa shape index (κ1) is 23.5. The number of piperidine rings is 2. The van der Waals surface area contributed by atoms with E-state index in [9.17, 15) is 4.79 Å². The van der Waals surface area contributed by atoms with Gasteiger partial charge in [0.25, 0.3) is 5.91 Å². The molecule has 0 unspecified atom stereocenters. The van der Waals surface area contributed by atoms with Gasteiger partial charge >= 0.3 is 0 Å². The molecule has 2 aliphatic rings. The Hall–Kier alpha value is -2.12. The number of carbonyl (C=O) groups excluding carboxylic acids is 1. The molecule has 0 atom stereocenters. The molecular formula is C24H38N4O3. The van der Waals surface area contributed by atoms with E-state index in [4.69, 9.17) is 9.47 Å². The lowest BCUT2D eigenvalue weighted by Gasteiger charge is -2.34. The molecule has 1 N–H and O–H groups in total. The molecule has 2 aliphatic heterocycles. The maximum atomic E-state index is 12.8. The van der Waals surface area contributed by atoms with Gasteiger partial charge < -0.3 is 24.6 Å². The number of methoxy groups -OCH3 is 1. The molecule has 1 aromatic rings. The van der Waals surface area contributed by atoms with Crippen LogP contribution in [0.25, 0.3) is 0 Å². The zero-order chi connectivity index (χ0) is 21.9. The van der Waals surface area contributed by atoms with E-state index in [-0.39, 0.29) is 5.91 Å². The van der Waals surface area contributed by atoms with Crippen molar-refractivity contribution in [1.29, 1.82) is 0 Å². The normalized spacial score (nSPS) is 18.3. The van der Waals surface area contributed by atoms with Crippen LogP contribution >= 0.6 is 0 Å². The predicted octanol–water partition coefficient (Wildman–Crippen LogP) is 2.91. The summed E-state index contributed by atoms with van der Waals surface area (Å²) in [5, 5.41) is 3.47. The summed E-state index contributed by atoms with van der Waals surface area (Å²) in [6.07, 6.45) is 6.73. The van der Waals surface area contributed by atoms with Gasteiger partial charge in [-0.3, -0.25) is 9.79 Å². The fourth-order valence-electron chi connectivity index (χ4n) is 4.29. The first-order valence-corrected chi connectivity index (χ1v) is 11.7. The third-order valence-electron chi connectivity index (χ3n) is 6.07. The molecule has 0 spiro atoms. The summed E-state index contributed by atoms with van der Waals surface area (Å²) in [5.41, 5.74) is 1.88. The SMILES string of the molecule is CN=C(NCc1cccc(C(=O)N2CCCCC2)c1)N1CCC(OCCCOC)CC1. The highest BCUT2D eigenvalue weighted by Gasteiger charge is 2.22. The van der Waals surface area contributed by atoms with Gasteiger partial charge in [0, 0.05) is 65.7 Å². The number of rotatable bonds is 8. The summed E-state index contributed by atoms with van der Waals surface area (Å²) in [6, 6.07) is 7.97. The van der Waals surface area contributed by atoms with E-state index in [0.29, 0.717) is 12.6 Å². The minimum absolute atomic E-state index is 0.151. The second-order valence-corrected chi connectivity index (χ2v) is 8.36. The zero-order valence-corrected chi connectivity index (χ0v) is 19.1. The molecule has 3 rings (SSSR count). The van der Waals surface area contributed by atoms with Crippen LogP contribution < -0.4 is 5.32 Å². The fraction of sp³-hybridized carbons (Fsp3) is 0.667. The molecule has 2 heterocycles. The van der Waals surface area contributed by atoms with Crippen LogP contribution in [-0.4, -0.2) is 81.3 Å². The largest absolute Gasteiger partial charge is 0.385 e. The molecular weight excluding hydrogens is 392 g/mol. The van der Waals surface area contributed by atoms with Crippen LogP contribution in [0.3, 0.4) is 0 Å². The molecule has 2 saturated heterocycles. The minimum atomic E-state index is 0.151. The molecule has 31 heavy (non-hydrogen) atoms. The van der Waals surface area contributed by atoms with Crippen LogP contribution in [0.2, 0.25) is 0 Å². The van der Waals surface area contributed by atoms with Gasteiger partial charge in [-0.1, -0.05) is 12.1 Å². The highest BCUT2D eigenvalue weighted by molar-refractivity contribution is 5.94. The summed E-state index contributed by atoms with van der Waals surface area (Å²) < 4.78 is 11.0. The smallest absolute Gasteiger partial charge is 0.253 e. The summed E-state index contributed by atoms with van der Waals surface area (Å²) >= 11 is 0. The molecule has 7 heteroatoms. The Balaban J connectivity index is 1.46. The van der Waals surface area contributed by atoms with Crippen LogP contribution in [0.1, 0.15) is 54.4 Å². The monoisotopic (exact) mass is 430 g/mol. The maximum Gasteiger partial charge on any atom is 0.253 e. The predicted molar refractivity (Wildman–Crippen MR) is 123 cm³/mol. The Labute approximate surface area is 186 Å². The lowest BCUT2D eigenvalue weighted by atomic mass is 10.1. The first-order chi connectivity index (χ1) is 15.2. The summed E-state index contributed by atoms with van der Waals surface area (Å²) in [5.74, 6) is 1.06. The highest BCUT2D eigenvalue weighted by Crippen LogP contribution is 2.16. The minimum Gasteiger partial charge on any atom is -0.385 e. The Bertz CT molecular complexity index is 711. The number of likely N-dealkylation sites (tertiary alicyclic amines) is 2. The molecule has 0 aromatic heterocycles. The van der Waals surface area contributed by atoms with Crippen LogP contribution in [-0.2, 0) is 16.0 Å². The van der Waals surface area contributed by atoms with Crippen molar-refractivity contribution < 1.29 is 14.3 Å². The molecule has 172 valence electrons. The zero-order valence-electron chi connectivity index (χ0n) is 19.1. The number of hydrogen-bond donors (Lipinski definition) is 1. The van der Waals surface area contributed by atoms with E-state index >= 15 is 0 Å². The van der Waals surface area contributed by atoms with Gasteiger partial charge in [0.1, 0.15) is 0 Å². The molecule has 0 radical (unpaired) electrons. The van der Waals surface area contributed by atoms with E-state index in [1.807, 2.05) is 30.1 Å². The van der Waals surface area contributed by atoms with E-state index in [2.05, 4.69) is 21.3 Å². The van der Waals surface area contributed by atoms with Crippen molar-refractivity contribution >= 4 is 11.9 Å². The van der Waals surface area contributed by atoms with Gasteiger partial charge in [0.05, 0.1) is 6.10 Å². The Morgan fingerprint density at radius 3 is 2.58 bits per heavy atom. The Morgan fingerprint density at radius 1 is 1.10 bits per heavy atom. The number of aliphatic imine (C=N–C) groups is 1. The Morgan fingerprint density at radius 2 is 1.87 bits per heavy atom. The van der Waals surface area contributed by atoms with Crippen molar-refractivity contribution in [2.24, 2.45) is 4.99 Å². The summed E-state index contributed by atoms with van der Waals surface area (Å²) in [7, 11) is 3.55. The third kappa shape index (κ3) is 7.21. The van der Waals surface area contributed by atoms with E-state index in [0.717, 1.165) is 88.6 Å². The van der Waals surface area contributed by atoms with E-state index < -0.39 is 0 Å². The van der Waals surface area contributed by atoms with Gasteiger partial charge in [-0.15, -0.1) is 0 Å². The van der Waals surface area contributed by atoms with Crippen LogP contribution in [0.5, 0.6) is 0 Å². The van der Waals surface area contributed by atoms with Crippen LogP contribution in [0, 0.1) is 0 Å². The van der Waals surface area contributed by atoms with Crippen LogP contribution in [0.15, 0.2) is 29.3 Å². The van der Waals surface area contributed by atoms with Crippen molar-refractivity contribution in [3.63, 3.8) is 0 Å². The van der Waals surface area contributed by atoms with Crippen molar-refractivity contribution in [3.05, 3.63) is 35.4 Å². The number of nitrogens with one attached hydrogen (secondary N) is 1. The second kappa shape index (κ2) is 12.7. The molecule has 1 amide bonds. The average molecular weight is 431 g/mol. The Kier molecular flexibility index (Phi) is 9.62. The number of carbonyl (C=O) groups is 1. The molecule has 7 nitrogen and oxygen atoms in total. The van der Waals surface area contributed by atoms with Crippen molar-refractivity contribution in [1.82, 2.24) is 15.1 Å². The molecule has 0 aliphatic carbocycles. The van der Waals surface area contributed by atoms with Gasteiger partial charge in [-0.25, -0.2) is 0 Å². The van der Waals surface area contributed by atoms with Crippen molar-refractivity contribution in [2.75, 3.05) is 53.6 Å². The molecule has 0 saturated carbocycles.